The average Bonchev–Trinajstić information content (AvgIpc) is 2.81. The van der Waals surface area contributed by atoms with Crippen LogP contribution >= 0.6 is 0 Å². The van der Waals surface area contributed by atoms with E-state index in [1.807, 2.05) is 54.7 Å². The minimum absolute atomic E-state index is 0.0186. The second-order valence-corrected chi connectivity index (χ2v) is 5.80. The molecule has 0 fully saturated rings. The zero-order valence-electron chi connectivity index (χ0n) is 13.3. The van der Waals surface area contributed by atoms with Crippen molar-refractivity contribution < 1.29 is 9.53 Å². The molecule has 3 rings (SSSR count). The summed E-state index contributed by atoms with van der Waals surface area (Å²) in [5.74, 6) is 0.748. The van der Waals surface area contributed by atoms with Crippen molar-refractivity contribution in [3.05, 3.63) is 46.8 Å². The first-order valence-corrected chi connectivity index (χ1v) is 7.53. The number of hydrogen-bond acceptors (Lipinski definition) is 3. The van der Waals surface area contributed by atoms with E-state index in [1.165, 1.54) is 11.1 Å². The number of aryl methyl sites for hydroxylation is 3. The standard InChI is InChI=1S/C17H21N3O2/c1-12-4-6-14(7-5-12)22-11-17(21)20-9-8-15-13(2)18-19(3)16(15)10-20/h4-7H,8-11H2,1-3H3. The SMILES string of the molecule is Cc1ccc(OCC(=O)N2CCc3c(C)nn(C)c3C2)cc1. The van der Waals surface area contributed by atoms with Crippen LogP contribution in [-0.2, 0) is 24.8 Å². The monoisotopic (exact) mass is 299 g/mol. The van der Waals surface area contributed by atoms with Crippen LogP contribution in [0.25, 0.3) is 0 Å². The van der Waals surface area contributed by atoms with Gasteiger partial charge in [0.25, 0.3) is 5.91 Å². The largest absolute Gasteiger partial charge is 0.484 e. The van der Waals surface area contributed by atoms with Gasteiger partial charge in [-0.1, -0.05) is 17.7 Å². The van der Waals surface area contributed by atoms with E-state index in [0.29, 0.717) is 6.54 Å². The van der Waals surface area contributed by atoms with Crippen LogP contribution in [0.4, 0.5) is 0 Å². The molecule has 1 amide bonds. The van der Waals surface area contributed by atoms with Crippen molar-refractivity contribution in [2.24, 2.45) is 7.05 Å². The van der Waals surface area contributed by atoms with Crippen LogP contribution in [0, 0.1) is 13.8 Å². The summed E-state index contributed by atoms with van der Waals surface area (Å²) in [5.41, 5.74) is 4.66. The minimum atomic E-state index is 0.0186. The Bertz CT molecular complexity index is 689. The van der Waals surface area contributed by atoms with Crippen molar-refractivity contribution in [1.82, 2.24) is 14.7 Å². The van der Waals surface area contributed by atoms with E-state index in [-0.39, 0.29) is 12.5 Å². The Labute approximate surface area is 130 Å². The van der Waals surface area contributed by atoms with Crippen molar-refractivity contribution in [2.75, 3.05) is 13.2 Å². The van der Waals surface area contributed by atoms with Crippen LogP contribution in [0.2, 0.25) is 0 Å². The summed E-state index contributed by atoms with van der Waals surface area (Å²) in [7, 11) is 1.93. The Hall–Kier alpha value is -2.30. The molecule has 1 aliphatic rings. The van der Waals surface area contributed by atoms with Crippen LogP contribution in [0.3, 0.4) is 0 Å². The van der Waals surface area contributed by atoms with Crippen LogP contribution in [0.5, 0.6) is 5.75 Å². The van der Waals surface area contributed by atoms with E-state index < -0.39 is 0 Å². The summed E-state index contributed by atoms with van der Waals surface area (Å²) in [6.45, 7) is 5.47. The molecule has 0 bridgehead atoms. The maximum atomic E-state index is 12.3. The van der Waals surface area contributed by atoms with Crippen molar-refractivity contribution in [1.29, 1.82) is 0 Å². The lowest BCUT2D eigenvalue weighted by Crippen LogP contribution is -2.39. The summed E-state index contributed by atoms with van der Waals surface area (Å²) in [6.07, 6.45) is 0.866. The first kappa shape index (κ1) is 14.6. The number of ether oxygens (including phenoxy) is 1. The summed E-state index contributed by atoms with van der Waals surface area (Å²) in [4.78, 5) is 14.2. The molecule has 22 heavy (non-hydrogen) atoms. The van der Waals surface area contributed by atoms with Gasteiger partial charge in [0.1, 0.15) is 5.75 Å². The molecule has 1 aliphatic heterocycles. The average molecular weight is 299 g/mol. The van der Waals surface area contributed by atoms with E-state index >= 15 is 0 Å². The van der Waals surface area contributed by atoms with E-state index in [0.717, 1.165) is 30.1 Å². The van der Waals surface area contributed by atoms with Crippen molar-refractivity contribution in [2.45, 2.75) is 26.8 Å². The van der Waals surface area contributed by atoms with Gasteiger partial charge in [-0.2, -0.15) is 5.10 Å². The minimum Gasteiger partial charge on any atom is -0.484 e. The summed E-state index contributed by atoms with van der Waals surface area (Å²) >= 11 is 0. The number of amides is 1. The predicted octanol–water partition coefficient (Wildman–Crippen LogP) is 2.00. The van der Waals surface area contributed by atoms with Crippen LogP contribution in [0.15, 0.2) is 24.3 Å². The third-order valence-electron chi connectivity index (χ3n) is 4.18. The first-order valence-electron chi connectivity index (χ1n) is 7.53. The fraction of sp³-hybridized carbons (Fsp3) is 0.412. The van der Waals surface area contributed by atoms with Gasteiger partial charge < -0.3 is 9.64 Å². The summed E-state index contributed by atoms with van der Waals surface area (Å²) in [6, 6.07) is 7.74. The van der Waals surface area contributed by atoms with Gasteiger partial charge in [-0.25, -0.2) is 0 Å². The van der Waals surface area contributed by atoms with Crippen LogP contribution in [0.1, 0.15) is 22.5 Å². The molecule has 1 aromatic carbocycles. The molecule has 0 N–H and O–H groups in total. The third kappa shape index (κ3) is 2.84. The molecule has 0 radical (unpaired) electrons. The molecule has 1 aromatic heterocycles. The molecule has 116 valence electrons. The van der Waals surface area contributed by atoms with Gasteiger partial charge in [-0.3, -0.25) is 9.48 Å². The number of nitrogens with zero attached hydrogens (tertiary/aromatic N) is 3. The molecule has 2 heterocycles. The third-order valence-corrected chi connectivity index (χ3v) is 4.18. The number of fused-ring (bicyclic) bond motifs is 1. The van der Waals surface area contributed by atoms with Crippen LogP contribution in [-0.4, -0.2) is 33.7 Å². The number of hydrogen-bond donors (Lipinski definition) is 0. The quantitative estimate of drug-likeness (QED) is 0.871. The molecule has 0 aliphatic carbocycles. The second kappa shape index (κ2) is 5.83. The highest BCUT2D eigenvalue weighted by Gasteiger charge is 2.25. The maximum absolute atomic E-state index is 12.3. The first-order chi connectivity index (χ1) is 10.5. The predicted molar refractivity (Wildman–Crippen MR) is 83.7 cm³/mol. The fourth-order valence-corrected chi connectivity index (χ4v) is 2.86. The van der Waals surface area contributed by atoms with Gasteiger partial charge >= 0.3 is 0 Å². The number of rotatable bonds is 3. The number of benzene rings is 1. The van der Waals surface area contributed by atoms with Crippen LogP contribution < -0.4 is 4.74 Å². The Morgan fingerprint density at radius 3 is 2.73 bits per heavy atom. The second-order valence-electron chi connectivity index (χ2n) is 5.80. The van der Waals surface area contributed by atoms with Crippen molar-refractivity contribution in [3.63, 3.8) is 0 Å². The fourth-order valence-electron chi connectivity index (χ4n) is 2.86. The maximum Gasteiger partial charge on any atom is 0.260 e. The lowest BCUT2D eigenvalue weighted by molar-refractivity contribution is -0.134. The highest BCUT2D eigenvalue weighted by molar-refractivity contribution is 5.78. The molecule has 5 heteroatoms. The van der Waals surface area contributed by atoms with Gasteiger partial charge in [0.05, 0.1) is 17.9 Å². The highest BCUT2D eigenvalue weighted by Crippen LogP contribution is 2.21. The Kier molecular flexibility index (Phi) is 3.88. The Morgan fingerprint density at radius 1 is 1.27 bits per heavy atom. The van der Waals surface area contributed by atoms with E-state index in [4.69, 9.17) is 4.74 Å². The van der Waals surface area contributed by atoms with Gasteiger partial charge in [0, 0.05) is 13.6 Å². The van der Waals surface area contributed by atoms with Crippen molar-refractivity contribution >= 4 is 5.91 Å². The number of carbonyl (C=O) groups excluding carboxylic acids is 1. The zero-order valence-corrected chi connectivity index (χ0v) is 13.3. The molecule has 0 saturated carbocycles. The Morgan fingerprint density at radius 2 is 2.00 bits per heavy atom. The molecular formula is C17H21N3O2. The van der Waals surface area contributed by atoms with Gasteiger partial charge in [-0.15, -0.1) is 0 Å². The molecule has 0 saturated heterocycles. The molecule has 2 aromatic rings. The molecular weight excluding hydrogens is 278 g/mol. The topological polar surface area (TPSA) is 47.4 Å². The lowest BCUT2D eigenvalue weighted by atomic mass is 10.0. The lowest BCUT2D eigenvalue weighted by Gasteiger charge is -2.27. The van der Waals surface area contributed by atoms with Gasteiger partial charge in [0.2, 0.25) is 0 Å². The molecule has 5 nitrogen and oxygen atoms in total. The number of carbonyl (C=O) groups is 1. The molecule has 0 spiro atoms. The summed E-state index contributed by atoms with van der Waals surface area (Å²) in [5, 5.41) is 4.44. The molecule has 0 unspecified atom stereocenters. The zero-order chi connectivity index (χ0) is 15.7. The van der Waals surface area contributed by atoms with E-state index in [1.54, 1.807) is 0 Å². The smallest absolute Gasteiger partial charge is 0.260 e. The van der Waals surface area contributed by atoms with Crippen molar-refractivity contribution in [3.8, 4) is 5.75 Å². The number of aromatic nitrogens is 2. The van der Waals surface area contributed by atoms with Gasteiger partial charge in [-0.05, 0) is 38.0 Å². The Balaban J connectivity index is 1.62. The summed E-state index contributed by atoms with van der Waals surface area (Å²) < 4.78 is 7.47. The highest BCUT2D eigenvalue weighted by atomic mass is 16.5. The van der Waals surface area contributed by atoms with E-state index in [9.17, 15) is 4.79 Å². The normalized spacial score (nSPS) is 13.9. The van der Waals surface area contributed by atoms with Gasteiger partial charge in [0.15, 0.2) is 6.61 Å². The molecule has 0 atom stereocenters. The van der Waals surface area contributed by atoms with E-state index in [2.05, 4.69) is 5.10 Å².